The van der Waals surface area contributed by atoms with Crippen LogP contribution in [0.4, 0.5) is 13.2 Å². The normalized spacial score (nSPS) is 16.8. The summed E-state index contributed by atoms with van der Waals surface area (Å²) in [6.45, 7) is 0.719. The molecule has 0 radical (unpaired) electrons. The van der Waals surface area contributed by atoms with Crippen molar-refractivity contribution in [3.8, 4) is 11.6 Å². The zero-order chi connectivity index (χ0) is 20.3. The van der Waals surface area contributed by atoms with E-state index in [4.69, 9.17) is 9.47 Å². The van der Waals surface area contributed by atoms with Crippen molar-refractivity contribution < 1.29 is 32.3 Å². The third-order valence-corrected chi connectivity index (χ3v) is 4.33. The second-order valence-corrected chi connectivity index (χ2v) is 6.20. The number of alkyl halides is 3. The van der Waals surface area contributed by atoms with Crippen LogP contribution in [0.5, 0.6) is 11.6 Å². The molecular formula is C19H19F3N2O4. The molecule has 6 nitrogen and oxygen atoms in total. The molecule has 3 rings (SSSR count). The van der Waals surface area contributed by atoms with Gasteiger partial charge in [-0.3, -0.25) is 9.63 Å². The Morgan fingerprint density at radius 2 is 1.93 bits per heavy atom. The lowest BCUT2D eigenvalue weighted by Crippen LogP contribution is -2.28. The van der Waals surface area contributed by atoms with Crippen LogP contribution in [0.1, 0.15) is 40.6 Å². The second-order valence-electron chi connectivity index (χ2n) is 6.20. The summed E-state index contributed by atoms with van der Waals surface area (Å²) in [5.74, 6) is -0.904. The minimum atomic E-state index is -4.83. The molecule has 1 unspecified atom stereocenters. The Bertz CT molecular complexity index is 834. The topological polar surface area (TPSA) is 60.9 Å². The van der Waals surface area contributed by atoms with Gasteiger partial charge in [-0.15, -0.1) is 0 Å². The van der Waals surface area contributed by atoms with E-state index in [1.807, 2.05) is 0 Å². The maximum atomic E-state index is 13.4. The van der Waals surface area contributed by atoms with Gasteiger partial charge in [0.1, 0.15) is 5.75 Å². The molecule has 1 aromatic heterocycles. The van der Waals surface area contributed by atoms with E-state index < -0.39 is 23.3 Å². The number of hydrogen-bond donors (Lipinski definition) is 0. The van der Waals surface area contributed by atoms with Gasteiger partial charge in [0.2, 0.25) is 5.88 Å². The monoisotopic (exact) mass is 396 g/mol. The minimum absolute atomic E-state index is 0.0343. The molecule has 1 saturated heterocycles. The first-order valence-electron chi connectivity index (χ1n) is 8.59. The van der Waals surface area contributed by atoms with Gasteiger partial charge in [-0.05, 0) is 36.6 Å². The van der Waals surface area contributed by atoms with Crippen molar-refractivity contribution in [1.29, 1.82) is 0 Å². The number of amides is 1. The zero-order valence-corrected chi connectivity index (χ0v) is 15.3. The predicted molar refractivity (Wildman–Crippen MR) is 92.8 cm³/mol. The zero-order valence-electron chi connectivity index (χ0n) is 15.3. The first kappa shape index (κ1) is 20.1. The van der Waals surface area contributed by atoms with Crippen LogP contribution in [0, 0.1) is 0 Å². The Kier molecular flexibility index (Phi) is 5.85. The van der Waals surface area contributed by atoms with Crippen LogP contribution in [0.2, 0.25) is 0 Å². The Morgan fingerprint density at radius 1 is 1.21 bits per heavy atom. The molecule has 0 saturated carbocycles. The maximum absolute atomic E-state index is 13.4. The van der Waals surface area contributed by atoms with Gasteiger partial charge in [0.25, 0.3) is 5.91 Å². The van der Waals surface area contributed by atoms with Crippen LogP contribution in [0.15, 0.2) is 36.4 Å². The average Bonchev–Trinajstić information content (AvgIpc) is 3.21. The fourth-order valence-corrected chi connectivity index (χ4v) is 2.85. The van der Waals surface area contributed by atoms with Gasteiger partial charge in [-0.2, -0.15) is 13.2 Å². The predicted octanol–water partition coefficient (Wildman–Crippen LogP) is 4.38. The van der Waals surface area contributed by atoms with E-state index in [-0.39, 0.29) is 12.0 Å². The summed E-state index contributed by atoms with van der Waals surface area (Å²) in [6, 6.07) is 9.13. The number of hydroxylamine groups is 2. The standard InChI is InChI=1S/C19H19F3N2O4/c1-24(26-2)18(25)14-9-10-16(23-17(14)19(20,21)22)28-13-7-5-12(6-8-13)15-4-3-11-27-15/h5-10,15H,3-4,11H2,1-2H3. The quantitative estimate of drug-likeness (QED) is 0.702. The van der Waals surface area contributed by atoms with Gasteiger partial charge in [-0.1, -0.05) is 12.1 Å². The molecular weight excluding hydrogens is 377 g/mol. The highest BCUT2D eigenvalue weighted by Gasteiger charge is 2.38. The number of pyridine rings is 1. The molecule has 1 fully saturated rings. The van der Waals surface area contributed by atoms with E-state index in [1.54, 1.807) is 24.3 Å². The molecule has 150 valence electrons. The molecule has 9 heteroatoms. The molecule has 1 atom stereocenters. The van der Waals surface area contributed by atoms with Gasteiger partial charge >= 0.3 is 6.18 Å². The molecule has 1 aliphatic heterocycles. The van der Waals surface area contributed by atoms with E-state index in [9.17, 15) is 18.0 Å². The molecule has 2 heterocycles. The first-order chi connectivity index (χ1) is 13.3. The molecule has 1 aliphatic rings. The number of carbonyl (C=O) groups excluding carboxylic acids is 1. The van der Waals surface area contributed by atoms with Crippen molar-refractivity contribution >= 4 is 5.91 Å². The summed E-state index contributed by atoms with van der Waals surface area (Å²) in [4.78, 5) is 20.2. The molecule has 0 spiro atoms. The summed E-state index contributed by atoms with van der Waals surface area (Å²) in [7, 11) is 2.39. The van der Waals surface area contributed by atoms with Crippen molar-refractivity contribution in [3.63, 3.8) is 0 Å². The summed E-state index contributed by atoms with van der Waals surface area (Å²) < 4.78 is 51.2. The largest absolute Gasteiger partial charge is 0.439 e. The number of aromatic nitrogens is 1. The summed E-state index contributed by atoms with van der Waals surface area (Å²) in [5.41, 5.74) is -0.981. The number of halogens is 3. The number of nitrogens with zero attached hydrogens (tertiary/aromatic N) is 2. The minimum Gasteiger partial charge on any atom is -0.439 e. The van der Waals surface area contributed by atoms with Gasteiger partial charge in [0.15, 0.2) is 5.69 Å². The van der Waals surface area contributed by atoms with Crippen molar-refractivity contribution in [2.45, 2.75) is 25.1 Å². The highest BCUT2D eigenvalue weighted by molar-refractivity contribution is 5.94. The fourth-order valence-electron chi connectivity index (χ4n) is 2.85. The van der Waals surface area contributed by atoms with Gasteiger partial charge in [-0.25, -0.2) is 10.0 Å². The number of rotatable bonds is 5. The van der Waals surface area contributed by atoms with E-state index >= 15 is 0 Å². The Hall–Kier alpha value is -2.65. The Balaban J connectivity index is 1.83. The van der Waals surface area contributed by atoms with Crippen molar-refractivity contribution in [1.82, 2.24) is 10.0 Å². The van der Waals surface area contributed by atoms with E-state index in [1.165, 1.54) is 20.2 Å². The van der Waals surface area contributed by atoms with Crippen LogP contribution in [-0.2, 0) is 15.8 Å². The van der Waals surface area contributed by atoms with Crippen molar-refractivity contribution in [2.75, 3.05) is 20.8 Å². The van der Waals surface area contributed by atoms with Gasteiger partial charge < -0.3 is 9.47 Å². The molecule has 2 aromatic rings. The fraction of sp³-hybridized carbons (Fsp3) is 0.368. The molecule has 0 aliphatic carbocycles. The van der Waals surface area contributed by atoms with Crippen LogP contribution in [0.3, 0.4) is 0 Å². The summed E-state index contributed by atoms with van der Waals surface area (Å²) in [5, 5.41) is 0.691. The number of ether oxygens (including phenoxy) is 2. The van der Waals surface area contributed by atoms with Crippen LogP contribution in [0.25, 0.3) is 0 Å². The van der Waals surface area contributed by atoms with Crippen LogP contribution >= 0.6 is 0 Å². The number of benzene rings is 1. The first-order valence-corrected chi connectivity index (χ1v) is 8.59. The summed E-state index contributed by atoms with van der Waals surface area (Å²) >= 11 is 0. The van der Waals surface area contributed by atoms with E-state index in [0.29, 0.717) is 10.8 Å². The molecule has 1 amide bonds. The Labute approximate surface area is 159 Å². The Morgan fingerprint density at radius 3 is 2.50 bits per heavy atom. The van der Waals surface area contributed by atoms with Crippen molar-refractivity contribution in [2.24, 2.45) is 0 Å². The molecule has 0 N–H and O–H groups in total. The maximum Gasteiger partial charge on any atom is 0.434 e. The van der Waals surface area contributed by atoms with Gasteiger partial charge in [0, 0.05) is 19.7 Å². The van der Waals surface area contributed by atoms with E-state index in [0.717, 1.165) is 31.1 Å². The third-order valence-electron chi connectivity index (χ3n) is 4.33. The highest BCUT2D eigenvalue weighted by atomic mass is 19.4. The number of hydrogen-bond acceptors (Lipinski definition) is 5. The molecule has 28 heavy (non-hydrogen) atoms. The SMILES string of the molecule is CON(C)C(=O)c1ccc(Oc2ccc(C3CCCO3)cc2)nc1C(F)(F)F. The third kappa shape index (κ3) is 4.42. The highest BCUT2D eigenvalue weighted by Crippen LogP contribution is 2.34. The lowest BCUT2D eigenvalue weighted by Gasteiger charge is -2.17. The molecule has 1 aromatic carbocycles. The van der Waals surface area contributed by atoms with Gasteiger partial charge in [0.05, 0.1) is 18.8 Å². The van der Waals surface area contributed by atoms with E-state index in [2.05, 4.69) is 9.82 Å². The average molecular weight is 396 g/mol. The van der Waals surface area contributed by atoms with Crippen LogP contribution < -0.4 is 4.74 Å². The molecule has 0 bridgehead atoms. The summed E-state index contributed by atoms with van der Waals surface area (Å²) in [6.07, 6.45) is -2.87. The second kappa shape index (κ2) is 8.15. The smallest absolute Gasteiger partial charge is 0.434 e. The van der Waals surface area contributed by atoms with Crippen molar-refractivity contribution in [3.05, 3.63) is 53.2 Å². The number of carbonyl (C=O) groups is 1. The van der Waals surface area contributed by atoms with Crippen LogP contribution in [-0.4, -0.2) is 36.7 Å². The lowest BCUT2D eigenvalue weighted by molar-refractivity contribution is -0.142. The lowest BCUT2D eigenvalue weighted by atomic mass is 10.1.